The summed E-state index contributed by atoms with van der Waals surface area (Å²) in [6.07, 6.45) is 3.19. The molecular formula is C13H19N5OS. The molecule has 2 aromatic heterocycles. The maximum Gasteiger partial charge on any atom is 0.251 e. The summed E-state index contributed by atoms with van der Waals surface area (Å²) in [5, 5.41) is 5.97. The predicted molar refractivity (Wildman–Crippen MR) is 78.9 cm³/mol. The monoisotopic (exact) mass is 293 g/mol. The highest BCUT2D eigenvalue weighted by Gasteiger charge is 2.17. The third-order valence-corrected chi connectivity index (χ3v) is 4.23. The van der Waals surface area contributed by atoms with Crippen LogP contribution in [0.3, 0.4) is 0 Å². The first kappa shape index (κ1) is 14.8. The largest absolute Gasteiger partial charge is 0.327 e. The third-order valence-electron chi connectivity index (χ3n) is 3.12. The Kier molecular flexibility index (Phi) is 4.61. The Labute approximate surface area is 121 Å². The molecule has 2 rings (SSSR count). The van der Waals surface area contributed by atoms with Crippen LogP contribution in [0.5, 0.6) is 0 Å². The zero-order valence-electron chi connectivity index (χ0n) is 11.9. The lowest BCUT2D eigenvalue weighted by Crippen LogP contribution is -2.22. The Morgan fingerprint density at radius 1 is 1.55 bits per heavy atom. The fourth-order valence-corrected chi connectivity index (χ4v) is 2.92. The Hall–Kier alpha value is -1.60. The van der Waals surface area contributed by atoms with Gasteiger partial charge in [-0.05, 0) is 31.5 Å². The van der Waals surface area contributed by atoms with Crippen molar-refractivity contribution in [3.05, 3.63) is 33.9 Å². The Morgan fingerprint density at radius 3 is 2.95 bits per heavy atom. The van der Waals surface area contributed by atoms with Crippen LogP contribution < -0.4 is 11.3 Å². The fraction of sp³-hybridized carbons (Fsp3) is 0.462. The number of hydrogen-bond acceptors (Lipinski definition) is 5. The van der Waals surface area contributed by atoms with E-state index in [1.807, 2.05) is 18.7 Å². The van der Waals surface area contributed by atoms with Crippen molar-refractivity contribution >= 4 is 11.8 Å². The number of nitrogens with zero attached hydrogens (tertiary/aromatic N) is 3. The van der Waals surface area contributed by atoms with Gasteiger partial charge in [-0.1, -0.05) is 6.92 Å². The average Bonchev–Trinajstić information content (AvgIpc) is 2.65. The number of H-pyrrole nitrogens is 1. The maximum absolute atomic E-state index is 11.3. The molecule has 0 spiro atoms. The number of nitrogens with one attached hydrogen (secondary N) is 1. The van der Waals surface area contributed by atoms with E-state index < -0.39 is 0 Å². The van der Waals surface area contributed by atoms with Gasteiger partial charge in [-0.3, -0.25) is 9.48 Å². The van der Waals surface area contributed by atoms with E-state index in [-0.39, 0.29) is 11.6 Å². The van der Waals surface area contributed by atoms with E-state index in [1.54, 1.807) is 0 Å². The molecule has 1 atom stereocenters. The molecule has 2 aromatic rings. The molecule has 0 aromatic carbocycles. The molecule has 6 nitrogen and oxygen atoms in total. The first-order chi connectivity index (χ1) is 9.51. The molecule has 20 heavy (non-hydrogen) atoms. The van der Waals surface area contributed by atoms with Crippen LogP contribution in [0.2, 0.25) is 0 Å². The summed E-state index contributed by atoms with van der Waals surface area (Å²) in [6.45, 7) is 4.04. The Bertz CT molecular complexity index is 648. The minimum absolute atomic E-state index is 0.111. The molecule has 108 valence electrons. The van der Waals surface area contributed by atoms with Crippen molar-refractivity contribution in [1.29, 1.82) is 0 Å². The highest BCUT2D eigenvalue weighted by molar-refractivity contribution is 7.99. The molecule has 3 N–H and O–H groups in total. The maximum atomic E-state index is 11.3. The summed E-state index contributed by atoms with van der Waals surface area (Å²) in [6, 6.07) is 1.51. The average molecular weight is 293 g/mol. The molecule has 0 saturated heterocycles. The minimum Gasteiger partial charge on any atom is -0.327 e. The van der Waals surface area contributed by atoms with Crippen molar-refractivity contribution in [3.63, 3.8) is 0 Å². The van der Waals surface area contributed by atoms with E-state index in [2.05, 4.69) is 22.0 Å². The summed E-state index contributed by atoms with van der Waals surface area (Å²) in [5.41, 5.74) is 7.98. The number of aryl methyl sites for hydroxylation is 2. The smallest absolute Gasteiger partial charge is 0.251 e. The lowest BCUT2D eigenvalue weighted by molar-refractivity contribution is 0.631. The van der Waals surface area contributed by atoms with Gasteiger partial charge in [0.15, 0.2) is 5.16 Å². The number of rotatable bonds is 5. The third kappa shape index (κ3) is 3.29. The van der Waals surface area contributed by atoms with E-state index in [0.717, 1.165) is 29.1 Å². The molecule has 1 unspecified atom stereocenters. The highest BCUT2D eigenvalue weighted by Crippen LogP contribution is 2.29. The van der Waals surface area contributed by atoms with Gasteiger partial charge in [0.2, 0.25) is 0 Å². The van der Waals surface area contributed by atoms with Crippen molar-refractivity contribution in [2.75, 3.05) is 0 Å². The summed E-state index contributed by atoms with van der Waals surface area (Å²) in [5.74, 6) is 0. The van der Waals surface area contributed by atoms with Crippen LogP contribution in [0, 0.1) is 6.92 Å². The second kappa shape index (κ2) is 6.23. The van der Waals surface area contributed by atoms with Crippen molar-refractivity contribution in [1.82, 2.24) is 19.7 Å². The number of aromatic nitrogens is 4. The van der Waals surface area contributed by atoms with Gasteiger partial charge >= 0.3 is 0 Å². The van der Waals surface area contributed by atoms with Gasteiger partial charge in [0.25, 0.3) is 5.56 Å². The molecule has 0 saturated carbocycles. The molecule has 0 aliphatic carbocycles. The second-order valence-corrected chi connectivity index (χ2v) is 5.68. The minimum atomic E-state index is -0.159. The number of hydrogen-bond donors (Lipinski definition) is 2. The molecule has 0 aliphatic heterocycles. The summed E-state index contributed by atoms with van der Waals surface area (Å²) < 4.78 is 1.81. The second-order valence-electron chi connectivity index (χ2n) is 4.71. The van der Waals surface area contributed by atoms with Crippen LogP contribution in [0.1, 0.15) is 24.6 Å². The number of nitrogens with two attached hydrogens (primary N) is 1. The van der Waals surface area contributed by atoms with E-state index in [4.69, 9.17) is 5.73 Å². The van der Waals surface area contributed by atoms with Crippen LogP contribution in [0.15, 0.2) is 27.2 Å². The standard InChI is InChI=1S/C13H19N5OS/c1-4-9(14)7-10-8(2)17-18(3)12(10)20-13-15-6-5-11(19)16-13/h5-6,9H,4,7,14H2,1-3H3,(H,15,16,19). The van der Waals surface area contributed by atoms with Gasteiger partial charge in [0.05, 0.1) is 5.69 Å². The Morgan fingerprint density at radius 2 is 2.30 bits per heavy atom. The van der Waals surface area contributed by atoms with Gasteiger partial charge < -0.3 is 10.7 Å². The van der Waals surface area contributed by atoms with E-state index in [0.29, 0.717) is 5.16 Å². The first-order valence-electron chi connectivity index (χ1n) is 6.52. The normalized spacial score (nSPS) is 12.6. The highest BCUT2D eigenvalue weighted by atomic mass is 32.2. The van der Waals surface area contributed by atoms with Gasteiger partial charge in [-0.25, -0.2) is 4.98 Å². The molecular weight excluding hydrogens is 274 g/mol. The molecule has 0 aliphatic rings. The summed E-state index contributed by atoms with van der Waals surface area (Å²) >= 11 is 1.41. The van der Waals surface area contributed by atoms with Crippen molar-refractivity contribution < 1.29 is 0 Å². The quantitative estimate of drug-likeness (QED) is 0.810. The Balaban J connectivity index is 2.33. The summed E-state index contributed by atoms with van der Waals surface area (Å²) in [4.78, 5) is 18.2. The van der Waals surface area contributed by atoms with Crippen LogP contribution in [0.25, 0.3) is 0 Å². The molecule has 0 bridgehead atoms. The molecule has 0 fully saturated rings. The molecule has 0 radical (unpaired) electrons. The predicted octanol–water partition coefficient (Wildman–Crippen LogP) is 1.24. The fourth-order valence-electron chi connectivity index (χ4n) is 1.95. The molecule has 2 heterocycles. The first-order valence-corrected chi connectivity index (χ1v) is 7.34. The van der Waals surface area contributed by atoms with Crippen molar-refractivity contribution in [2.45, 2.75) is 42.9 Å². The van der Waals surface area contributed by atoms with Gasteiger partial charge in [-0.2, -0.15) is 5.10 Å². The van der Waals surface area contributed by atoms with Crippen LogP contribution in [0.4, 0.5) is 0 Å². The summed E-state index contributed by atoms with van der Waals surface area (Å²) in [7, 11) is 1.89. The lowest BCUT2D eigenvalue weighted by atomic mass is 10.1. The van der Waals surface area contributed by atoms with Crippen molar-refractivity contribution in [3.8, 4) is 0 Å². The zero-order valence-corrected chi connectivity index (χ0v) is 12.7. The van der Waals surface area contributed by atoms with E-state index in [9.17, 15) is 4.79 Å². The molecule has 7 heteroatoms. The SMILES string of the molecule is CCC(N)Cc1c(C)nn(C)c1Sc1nccc(=O)[nH]1. The van der Waals surface area contributed by atoms with Gasteiger partial charge in [0, 0.05) is 30.9 Å². The molecule has 0 amide bonds. The zero-order chi connectivity index (χ0) is 14.7. The van der Waals surface area contributed by atoms with Crippen LogP contribution >= 0.6 is 11.8 Å². The van der Waals surface area contributed by atoms with E-state index in [1.165, 1.54) is 24.0 Å². The van der Waals surface area contributed by atoms with Crippen molar-refractivity contribution in [2.24, 2.45) is 12.8 Å². The van der Waals surface area contributed by atoms with Crippen LogP contribution in [-0.2, 0) is 13.5 Å². The van der Waals surface area contributed by atoms with Gasteiger partial charge in [-0.15, -0.1) is 0 Å². The van der Waals surface area contributed by atoms with Gasteiger partial charge in [0.1, 0.15) is 5.03 Å². The van der Waals surface area contributed by atoms with Crippen LogP contribution in [-0.4, -0.2) is 25.8 Å². The van der Waals surface area contributed by atoms with E-state index >= 15 is 0 Å². The topological polar surface area (TPSA) is 89.6 Å². The lowest BCUT2D eigenvalue weighted by Gasteiger charge is -2.10. The number of aromatic amines is 1.